The highest BCUT2D eigenvalue weighted by Gasteiger charge is 2.15. The van der Waals surface area contributed by atoms with Crippen LogP contribution < -0.4 is 0 Å². The predicted octanol–water partition coefficient (Wildman–Crippen LogP) is 3.02. The lowest BCUT2D eigenvalue weighted by Crippen LogP contribution is -1.94. The number of rotatable bonds is 3. The van der Waals surface area contributed by atoms with Crippen LogP contribution in [0.15, 0.2) is 34.9 Å². The van der Waals surface area contributed by atoms with E-state index in [4.69, 9.17) is 15.2 Å². The molecule has 1 aromatic carbocycles. The highest BCUT2D eigenvalue weighted by molar-refractivity contribution is 8.13. The third-order valence-electron chi connectivity index (χ3n) is 2.38. The minimum atomic E-state index is -3.64. The van der Waals surface area contributed by atoms with Crippen molar-refractivity contribution in [1.29, 1.82) is 0 Å². The summed E-state index contributed by atoms with van der Waals surface area (Å²) in [5.74, 6) is 0.0830. The van der Waals surface area contributed by atoms with Gasteiger partial charge < -0.3 is 4.52 Å². The molecule has 0 spiro atoms. The van der Waals surface area contributed by atoms with Crippen molar-refractivity contribution in [3.8, 4) is 10.8 Å². The van der Waals surface area contributed by atoms with Crippen molar-refractivity contribution in [2.24, 2.45) is 0 Å². The molecule has 98 valence electrons. The molecule has 8 heteroatoms. The number of halogens is 1. The summed E-state index contributed by atoms with van der Waals surface area (Å²) in [4.78, 5) is 4.40. The maximum atomic E-state index is 11.0. The lowest BCUT2D eigenvalue weighted by molar-refractivity contribution is 0.426. The second-order valence-electron chi connectivity index (χ2n) is 3.85. The van der Waals surface area contributed by atoms with E-state index < -0.39 is 9.05 Å². The van der Waals surface area contributed by atoms with Crippen LogP contribution in [0.2, 0.25) is 0 Å². The Morgan fingerprint density at radius 3 is 2.84 bits per heavy atom. The van der Waals surface area contributed by atoms with Crippen molar-refractivity contribution >= 4 is 41.3 Å². The van der Waals surface area contributed by atoms with Crippen molar-refractivity contribution in [1.82, 2.24) is 10.1 Å². The average Bonchev–Trinajstić information content (AvgIpc) is 2.91. The number of para-hydroxylation sites is 1. The minimum Gasteiger partial charge on any atom is -0.353 e. The number of fused-ring (bicyclic) bond motifs is 1. The van der Waals surface area contributed by atoms with E-state index in [9.17, 15) is 8.42 Å². The zero-order valence-electron chi connectivity index (χ0n) is 9.41. The van der Waals surface area contributed by atoms with Crippen molar-refractivity contribution in [2.75, 3.05) is 0 Å². The van der Waals surface area contributed by atoms with Gasteiger partial charge in [-0.1, -0.05) is 17.3 Å². The highest BCUT2D eigenvalue weighted by atomic mass is 35.7. The number of thiazole rings is 1. The molecule has 5 nitrogen and oxygen atoms in total. The Hall–Kier alpha value is -1.44. The van der Waals surface area contributed by atoms with Crippen LogP contribution in [-0.4, -0.2) is 18.6 Å². The van der Waals surface area contributed by atoms with Gasteiger partial charge in [0.15, 0.2) is 10.8 Å². The first-order valence-corrected chi connectivity index (χ1v) is 8.55. The molecule has 0 saturated carbocycles. The first-order valence-electron chi connectivity index (χ1n) is 5.25. The number of nitrogens with zero attached hydrogens (tertiary/aromatic N) is 2. The summed E-state index contributed by atoms with van der Waals surface area (Å²) >= 11 is 1.45. The molecule has 3 aromatic rings. The van der Waals surface area contributed by atoms with Crippen LogP contribution in [0.25, 0.3) is 21.0 Å². The van der Waals surface area contributed by atoms with Gasteiger partial charge in [0.05, 0.1) is 10.2 Å². The normalized spacial score (nSPS) is 12.1. The van der Waals surface area contributed by atoms with Gasteiger partial charge in [-0.3, -0.25) is 0 Å². The molecule has 0 amide bonds. The summed E-state index contributed by atoms with van der Waals surface area (Å²) in [6.07, 6.45) is 0. The SMILES string of the molecule is O=S(=O)(Cl)Cc1cc(-c2nc3ccccc3s2)on1. The second-order valence-corrected chi connectivity index (χ2v) is 7.66. The zero-order valence-corrected chi connectivity index (χ0v) is 11.8. The number of hydrogen-bond donors (Lipinski definition) is 0. The molecule has 0 unspecified atom stereocenters. The van der Waals surface area contributed by atoms with Crippen molar-refractivity contribution < 1.29 is 12.9 Å². The topological polar surface area (TPSA) is 73.1 Å². The fourth-order valence-electron chi connectivity index (χ4n) is 1.63. The van der Waals surface area contributed by atoms with Gasteiger partial charge >= 0.3 is 0 Å². The fraction of sp³-hybridized carbons (Fsp3) is 0.0909. The molecule has 0 radical (unpaired) electrons. The molecular formula is C11H7ClN2O3S2. The molecule has 2 aromatic heterocycles. The summed E-state index contributed by atoms with van der Waals surface area (Å²) in [5.41, 5.74) is 1.13. The van der Waals surface area contributed by atoms with Crippen molar-refractivity contribution in [3.63, 3.8) is 0 Å². The van der Waals surface area contributed by atoms with Crippen molar-refractivity contribution in [2.45, 2.75) is 5.75 Å². The average molecular weight is 315 g/mol. The standard InChI is InChI=1S/C11H7ClN2O3S2/c12-19(15,16)6-7-5-9(17-14-7)11-13-8-3-1-2-4-10(8)18-11/h1-5H,6H2. The maximum Gasteiger partial charge on any atom is 0.238 e. The maximum absolute atomic E-state index is 11.0. The van der Waals surface area contributed by atoms with Gasteiger partial charge in [0, 0.05) is 16.7 Å². The highest BCUT2D eigenvalue weighted by Crippen LogP contribution is 2.30. The van der Waals surface area contributed by atoms with Crippen LogP contribution in [0.1, 0.15) is 5.69 Å². The predicted molar refractivity (Wildman–Crippen MR) is 73.6 cm³/mol. The second kappa shape index (κ2) is 4.59. The van der Waals surface area contributed by atoms with E-state index in [0.717, 1.165) is 10.2 Å². The first-order chi connectivity index (χ1) is 9.01. The third-order valence-corrected chi connectivity index (χ3v) is 4.40. The number of hydrogen-bond acceptors (Lipinski definition) is 6. The molecule has 0 fully saturated rings. The van der Waals surface area contributed by atoms with Gasteiger partial charge in [0.2, 0.25) is 9.05 Å². The summed E-state index contributed by atoms with van der Waals surface area (Å²) in [7, 11) is 1.53. The molecular weight excluding hydrogens is 308 g/mol. The quantitative estimate of drug-likeness (QED) is 0.695. The Morgan fingerprint density at radius 2 is 2.11 bits per heavy atom. The minimum absolute atomic E-state index is 0.268. The van der Waals surface area contributed by atoms with Crippen molar-refractivity contribution in [3.05, 3.63) is 36.0 Å². The molecule has 3 rings (SSSR count). The zero-order chi connectivity index (χ0) is 13.5. The Balaban J connectivity index is 1.98. The Labute approximate surface area is 117 Å². The van der Waals surface area contributed by atoms with E-state index in [0.29, 0.717) is 10.8 Å². The molecule has 19 heavy (non-hydrogen) atoms. The van der Waals surface area contributed by atoms with Gasteiger partial charge in [-0.15, -0.1) is 11.3 Å². The largest absolute Gasteiger partial charge is 0.353 e. The molecule has 2 heterocycles. The van der Waals surface area contributed by atoms with E-state index >= 15 is 0 Å². The number of aromatic nitrogens is 2. The van der Waals surface area contributed by atoms with Gasteiger partial charge in [0.25, 0.3) is 0 Å². The summed E-state index contributed by atoms with van der Waals surface area (Å²) < 4.78 is 28.0. The van der Waals surface area contributed by atoms with Crippen LogP contribution in [0.5, 0.6) is 0 Å². The Morgan fingerprint density at radius 1 is 1.32 bits per heavy atom. The van der Waals surface area contributed by atoms with Crippen LogP contribution in [-0.2, 0) is 14.8 Å². The van der Waals surface area contributed by atoms with E-state index in [-0.39, 0.29) is 11.4 Å². The smallest absolute Gasteiger partial charge is 0.238 e. The fourth-order valence-corrected chi connectivity index (χ4v) is 3.37. The summed E-state index contributed by atoms with van der Waals surface area (Å²) in [5, 5.41) is 4.34. The van der Waals surface area contributed by atoms with E-state index in [1.54, 1.807) is 0 Å². The van der Waals surface area contributed by atoms with Crippen LogP contribution in [0, 0.1) is 0 Å². The monoisotopic (exact) mass is 314 g/mol. The number of benzene rings is 1. The first kappa shape index (κ1) is 12.6. The third kappa shape index (κ3) is 2.78. The van der Waals surface area contributed by atoms with Gasteiger partial charge in [0.1, 0.15) is 11.4 Å². The van der Waals surface area contributed by atoms with Crippen LogP contribution in [0.4, 0.5) is 0 Å². The Bertz CT molecular complexity index is 805. The molecule has 0 aliphatic carbocycles. The Kier molecular flexibility index (Phi) is 3.04. The molecule has 0 bridgehead atoms. The summed E-state index contributed by atoms with van der Waals surface area (Å²) in [6, 6.07) is 9.22. The molecule has 0 aliphatic heterocycles. The van der Waals surface area contributed by atoms with Gasteiger partial charge in [-0.25, -0.2) is 13.4 Å². The van der Waals surface area contributed by atoms with E-state index in [1.807, 2.05) is 24.3 Å². The lowest BCUT2D eigenvalue weighted by atomic mass is 10.3. The van der Waals surface area contributed by atoms with Gasteiger partial charge in [-0.05, 0) is 12.1 Å². The summed E-state index contributed by atoms with van der Waals surface area (Å²) in [6.45, 7) is 0. The lowest BCUT2D eigenvalue weighted by Gasteiger charge is -1.86. The molecule has 0 aliphatic rings. The molecule has 0 saturated heterocycles. The van der Waals surface area contributed by atoms with Crippen LogP contribution in [0.3, 0.4) is 0 Å². The molecule has 0 atom stereocenters. The molecule has 0 N–H and O–H groups in total. The van der Waals surface area contributed by atoms with E-state index in [2.05, 4.69) is 10.1 Å². The van der Waals surface area contributed by atoms with E-state index in [1.165, 1.54) is 17.4 Å². The van der Waals surface area contributed by atoms with Crippen LogP contribution >= 0.6 is 22.0 Å². The van der Waals surface area contributed by atoms with Gasteiger partial charge in [-0.2, -0.15) is 0 Å².